The van der Waals surface area contributed by atoms with E-state index in [2.05, 4.69) is 26.1 Å². The van der Waals surface area contributed by atoms with Crippen LogP contribution in [0.15, 0.2) is 24.3 Å². The molecule has 0 bridgehead atoms. The molecule has 0 spiro atoms. The maximum Gasteiger partial charge on any atom is 0.310 e. The number of carboxylic acids is 1. The quantitative estimate of drug-likeness (QED) is 0.844. The molecule has 0 aliphatic rings. The molecule has 23 heavy (non-hydrogen) atoms. The molecule has 0 heterocycles. The molecule has 5 heteroatoms. The van der Waals surface area contributed by atoms with Gasteiger partial charge in [0, 0.05) is 6.54 Å². The number of benzene rings is 1. The molecule has 1 aromatic rings. The third-order valence-electron chi connectivity index (χ3n) is 3.69. The number of ether oxygens (including phenoxy) is 1. The Morgan fingerprint density at radius 1 is 1.13 bits per heavy atom. The lowest BCUT2D eigenvalue weighted by atomic mass is 9.87. The second-order valence-corrected chi connectivity index (χ2v) is 7.44. The molecule has 0 saturated carbocycles. The predicted molar refractivity (Wildman–Crippen MR) is 89.7 cm³/mol. The van der Waals surface area contributed by atoms with Crippen LogP contribution in [0.3, 0.4) is 0 Å². The van der Waals surface area contributed by atoms with Crippen LogP contribution in [0.4, 0.5) is 0 Å². The molecule has 5 nitrogen and oxygen atoms in total. The van der Waals surface area contributed by atoms with Crippen LogP contribution in [-0.2, 0) is 15.0 Å². The molecule has 0 aromatic heterocycles. The average Bonchev–Trinajstić information content (AvgIpc) is 2.44. The van der Waals surface area contributed by atoms with E-state index in [1.807, 2.05) is 24.3 Å². The van der Waals surface area contributed by atoms with Gasteiger partial charge in [-0.3, -0.25) is 9.59 Å². The van der Waals surface area contributed by atoms with Crippen LogP contribution in [0, 0.1) is 5.41 Å². The monoisotopic (exact) mass is 321 g/mol. The summed E-state index contributed by atoms with van der Waals surface area (Å²) in [5.41, 5.74) is 0.235. The first kappa shape index (κ1) is 19.0. The number of aliphatic carboxylic acids is 1. The van der Waals surface area contributed by atoms with Crippen molar-refractivity contribution < 1.29 is 19.4 Å². The summed E-state index contributed by atoms with van der Waals surface area (Å²) in [5.74, 6) is -0.679. The summed E-state index contributed by atoms with van der Waals surface area (Å²) in [5, 5.41) is 11.7. The Bertz CT molecular complexity index is 555. The van der Waals surface area contributed by atoms with Crippen LogP contribution in [0.2, 0.25) is 0 Å². The van der Waals surface area contributed by atoms with E-state index in [1.54, 1.807) is 20.8 Å². The second-order valence-electron chi connectivity index (χ2n) is 7.44. The minimum atomic E-state index is -1.01. The highest BCUT2D eigenvalue weighted by Crippen LogP contribution is 2.24. The van der Waals surface area contributed by atoms with Crippen molar-refractivity contribution in [3.05, 3.63) is 29.8 Å². The number of rotatable bonds is 6. The standard InChI is InChI=1S/C18H27NO4/c1-12(15(20)19-11-18(5,6)16(21)22)23-14-9-7-13(8-10-14)17(2,3)4/h7-10,12H,11H2,1-6H3,(H,19,20)(H,21,22). The van der Waals surface area contributed by atoms with Crippen LogP contribution < -0.4 is 10.1 Å². The van der Waals surface area contributed by atoms with E-state index in [0.717, 1.165) is 0 Å². The number of hydrogen-bond acceptors (Lipinski definition) is 3. The lowest BCUT2D eigenvalue weighted by Crippen LogP contribution is -2.43. The summed E-state index contributed by atoms with van der Waals surface area (Å²) < 4.78 is 5.61. The molecule has 0 saturated heterocycles. The Morgan fingerprint density at radius 3 is 2.09 bits per heavy atom. The topological polar surface area (TPSA) is 75.6 Å². The van der Waals surface area contributed by atoms with Gasteiger partial charge in [-0.2, -0.15) is 0 Å². The van der Waals surface area contributed by atoms with E-state index in [1.165, 1.54) is 5.56 Å². The minimum absolute atomic E-state index is 0.0534. The van der Waals surface area contributed by atoms with Gasteiger partial charge in [0.1, 0.15) is 5.75 Å². The third-order valence-corrected chi connectivity index (χ3v) is 3.69. The Kier molecular flexibility index (Phi) is 5.81. The van der Waals surface area contributed by atoms with E-state index in [0.29, 0.717) is 5.75 Å². The molecule has 0 fully saturated rings. The Labute approximate surface area is 138 Å². The Hall–Kier alpha value is -2.04. The zero-order valence-electron chi connectivity index (χ0n) is 14.8. The van der Waals surface area contributed by atoms with Gasteiger partial charge in [-0.1, -0.05) is 32.9 Å². The number of amides is 1. The van der Waals surface area contributed by atoms with Crippen LogP contribution in [0.1, 0.15) is 47.1 Å². The number of hydrogen-bond donors (Lipinski definition) is 2. The average molecular weight is 321 g/mol. The highest BCUT2D eigenvalue weighted by Gasteiger charge is 2.28. The highest BCUT2D eigenvalue weighted by atomic mass is 16.5. The van der Waals surface area contributed by atoms with Crippen molar-refractivity contribution in [2.45, 2.75) is 53.1 Å². The van der Waals surface area contributed by atoms with Crippen molar-refractivity contribution >= 4 is 11.9 Å². The maximum atomic E-state index is 12.0. The van der Waals surface area contributed by atoms with Crippen LogP contribution in [-0.4, -0.2) is 29.6 Å². The number of carbonyl (C=O) groups excluding carboxylic acids is 1. The summed E-state index contributed by atoms with van der Waals surface area (Å²) >= 11 is 0. The first-order chi connectivity index (χ1) is 10.4. The summed E-state index contributed by atoms with van der Waals surface area (Å²) in [4.78, 5) is 23.0. The molecule has 128 valence electrons. The van der Waals surface area contributed by atoms with Crippen molar-refractivity contribution in [3.8, 4) is 5.75 Å². The van der Waals surface area contributed by atoms with E-state index in [9.17, 15) is 9.59 Å². The van der Waals surface area contributed by atoms with Gasteiger partial charge in [0.05, 0.1) is 5.41 Å². The Balaban J connectivity index is 2.60. The number of carbonyl (C=O) groups is 2. The van der Waals surface area contributed by atoms with Gasteiger partial charge in [0.25, 0.3) is 5.91 Å². The van der Waals surface area contributed by atoms with Gasteiger partial charge >= 0.3 is 5.97 Å². The lowest BCUT2D eigenvalue weighted by molar-refractivity contribution is -0.147. The predicted octanol–water partition coefficient (Wildman–Crippen LogP) is 2.98. The first-order valence-electron chi connectivity index (χ1n) is 7.72. The van der Waals surface area contributed by atoms with Gasteiger partial charge in [-0.05, 0) is 43.9 Å². The molecule has 0 radical (unpaired) electrons. The fourth-order valence-electron chi connectivity index (χ4n) is 1.82. The summed E-state index contributed by atoms with van der Waals surface area (Å²) in [6.45, 7) is 11.2. The molecule has 1 rings (SSSR count). The fraction of sp³-hybridized carbons (Fsp3) is 0.556. The van der Waals surface area contributed by atoms with Gasteiger partial charge in [0.15, 0.2) is 6.10 Å². The SMILES string of the molecule is CC(Oc1ccc(C(C)(C)C)cc1)C(=O)NCC(C)(C)C(=O)O. The molecule has 1 amide bonds. The fourth-order valence-corrected chi connectivity index (χ4v) is 1.82. The molecule has 1 unspecified atom stereocenters. The summed E-state index contributed by atoms with van der Waals surface area (Å²) in [6, 6.07) is 7.64. The largest absolute Gasteiger partial charge is 0.481 e. The Morgan fingerprint density at radius 2 is 1.65 bits per heavy atom. The lowest BCUT2D eigenvalue weighted by Gasteiger charge is -2.22. The normalized spacial score (nSPS) is 13.3. The molecule has 2 N–H and O–H groups in total. The molecule has 0 aliphatic carbocycles. The van der Waals surface area contributed by atoms with E-state index >= 15 is 0 Å². The first-order valence-corrected chi connectivity index (χ1v) is 7.72. The molecule has 1 aromatic carbocycles. The van der Waals surface area contributed by atoms with Crippen LogP contribution in [0.25, 0.3) is 0 Å². The molecule has 1 atom stereocenters. The molecular formula is C18H27NO4. The van der Waals surface area contributed by atoms with Crippen LogP contribution >= 0.6 is 0 Å². The second kappa shape index (κ2) is 7.02. The summed E-state index contributed by atoms with van der Waals surface area (Å²) in [6.07, 6.45) is -0.694. The van der Waals surface area contributed by atoms with E-state index < -0.39 is 17.5 Å². The highest BCUT2D eigenvalue weighted by molar-refractivity contribution is 5.82. The molecule has 0 aliphatic heterocycles. The van der Waals surface area contributed by atoms with Gasteiger partial charge < -0.3 is 15.2 Å². The van der Waals surface area contributed by atoms with Gasteiger partial charge in [0.2, 0.25) is 0 Å². The van der Waals surface area contributed by atoms with Crippen molar-refractivity contribution in [1.29, 1.82) is 0 Å². The van der Waals surface area contributed by atoms with Crippen molar-refractivity contribution in [2.75, 3.05) is 6.54 Å². The van der Waals surface area contributed by atoms with Crippen molar-refractivity contribution in [3.63, 3.8) is 0 Å². The zero-order valence-corrected chi connectivity index (χ0v) is 14.8. The number of nitrogens with one attached hydrogen (secondary N) is 1. The maximum absolute atomic E-state index is 12.0. The number of carboxylic acid groups (broad SMARTS) is 1. The zero-order chi connectivity index (χ0) is 17.8. The van der Waals surface area contributed by atoms with Crippen molar-refractivity contribution in [2.24, 2.45) is 5.41 Å². The molecular weight excluding hydrogens is 294 g/mol. The van der Waals surface area contributed by atoms with E-state index in [-0.39, 0.29) is 17.9 Å². The summed E-state index contributed by atoms with van der Waals surface area (Å²) in [7, 11) is 0. The van der Waals surface area contributed by atoms with Crippen LogP contribution in [0.5, 0.6) is 5.75 Å². The van der Waals surface area contributed by atoms with E-state index in [4.69, 9.17) is 9.84 Å². The van der Waals surface area contributed by atoms with Gasteiger partial charge in [-0.25, -0.2) is 0 Å². The van der Waals surface area contributed by atoms with Gasteiger partial charge in [-0.15, -0.1) is 0 Å². The smallest absolute Gasteiger partial charge is 0.310 e. The minimum Gasteiger partial charge on any atom is -0.481 e. The third kappa shape index (κ3) is 5.58. The van der Waals surface area contributed by atoms with Crippen molar-refractivity contribution in [1.82, 2.24) is 5.32 Å².